The minimum absolute atomic E-state index is 0.0387. The van der Waals surface area contributed by atoms with Crippen molar-refractivity contribution >= 4 is 0 Å². The smallest absolute Gasteiger partial charge is 0.0813 e. The molecule has 2 nitrogen and oxygen atoms in total. The van der Waals surface area contributed by atoms with Crippen molar-refractivity contribution in [3.63, 3.8) is 0 Å². The van der Waals surface area contributed by atoms with Gasteiger partial charge in [-0.05, 0) is 33.6 Å². The molecule has 1 saturated carbocycles. The first-order valence-electron chi connectivity index (χ1n) is 7.27. The van der Waals surface area contributed by atoms with Gasteiger partial charge in [-0.25, -0.2) is 0 Å². The Balaban J connectivity index is 2.67. The first-order chi connectivity index (χ1) is 7.83. The molecule has 1 aliphatic rings. The van der Waals surface area contributed by atoms with Crippen LogP contribution in [-0.2, 0) is 4.74 Å². The Morgan fingerprint density at radius 2 is 1.59 bits per heavy atom. The molecule has 0 aromatic heterocycles. The Morgan fingerprint density at radius 3 is 2.00 bits per heavy atom. The number of hydrogen-bond acceptors (Lipinski definition) is 2. The van der Waals surface area contributed by atoms with Crippen molar-refractivity contribution in [3.05, 3.63) is 0 Å². The second-order valence-corrected chi connectivity index (χ2v) is 6.85. The van der Waals surface area contributed by atoms with Crippen LogP contribution in [0.3, 0.4) is 0 Å². The molecule has 102 valence electrons. The Morgan fingerprint density at radius 1 is 1.06 bits per heavy atom. The molecule has 0 aromatic rings. The van der Waals surface area contributed by atoms with Crippen molar-refractivity contribution in [3.8, 4) is 0 Å². The monoisotopic (exact) mass is 241 g/mol. The Hall–Kier alpha value is -0.0800. The van der Waals surface area contributed by atoms with Gasteiger partial charge < -0.3 is 10.1 Å². The normalized spacial score (nSPS) is 21.5. The molecule has 1 aliphatic carbocycles. The average Bonchev–Trinajstić information content (AvgIpc) is 2.39. The third kappa shape index (κ3) is 5.87. The van der Waals surface area contributed by atoms with Crippen molar-refractivity contribution in [1.29, 1.82) is 0 Å². The third-order valence-corrected chi connectivity index (χ3v) is 3.37. The van der Waals surface area contributed by atoms with E-state index in [1.165, 1.54) is 38.5 Å². The highest BCUT2D eigenvalue weighted by Gasteiger charge is 2.35. The molecule has 17 heavy (non-hydrogen) atoms. The fourth-order valence-corrected chi connectivity index (χ4v) is 2.73. The Bertz CT molecular complexity index is 209. The number of nitrogens with one attached hydrogen (secondary N) is 1. The number of rotatable bonds is 4. The van der Waals surface area contributed by atoms with Gasteiger partial charge in [0, 0.05) is 12.6 Å². The third-order valence-electron chi connectivity index (χ3n) is 3.37. The highest BCUT2D eigenvalue weighted by molar-refractivity contribution is 4.88. The molecule has 0 unspecified atom stereocenters. The van der Waals surface area contributed by atoms with Gasteiger partial charge in [0.2, 0.25) is 0 Å². The van der Waals surface area contributed by atoms with Gasteiger partial charge in [-0.1, -0.05) is 39.5 Å². The zero-order valence-corrected chi connectivity index (χ0v) is 12.4. The highest BCUT2D eigenvalue weighted by atomic mass is 16.5. The maximum atomic E-state index is 6.43. The lowest BCUT2D eigenvalue weighted by Crippen LogP contribution is -2.48. The molecule has 0 amide bonds. The lowest BCUT2D eigenvalue weighted by molar-refractivity contribution is -0.138. The predicted octanol–water partition coefficient (Wildman–Crippen LogP) is 3.89. The predicted molar refractivity (Wildman–Crippen MR) is 74.4 cm³/mol. The summed E-state index contributed by atoms with van der Waals surface area (Å²) in [6.07, 6.45) is 7.80. The van der Waals surface area contributed by atoms with Crippen LogP contribution in [0.25, 0.3) is 0 Å². The summed E-state index contributed by atoms with van der Waals surface area (Å²) in [6.45, 7) is 11.9. The minimum Gasteiger partial charge on any atom is -0.368 e. The van der Waals surface area contributed by atoms with E-state index in [1.807, 2.05) is 0 Å². The number of hydrogen-bond donors (Lipinski definition) is 1. The fourth-order valence-electron chi connectivity index (χ4n) is 2.73. The molecule has 0 aromatic carbocycles. The van der Waals surface area contributed by atoms with E-state index in [4.69, 9.17) is 4.74 Å². The molecule has 0 heterocycles. The van der Waals surface area contributed by atoms with E-state index in [1.54, 1.807) is 0 Å². The summed E-state index contributed by atoms with van der Waals surface area (Å²) in [5.74, 6) is 0. The summed E-state index contributed by atoms with van der Waals surface area (Å²) in [5.41, 5.74) is 0.0298. The molecule has 1 rings (SSSR count). The van der Waals surface area contributed by atoms with E-state index in [0.29, 0.717) is 6.04 Å². The maximum absolute atomic E-state index is 6.43. The summed E-state index contributed by atoms with van der Waals surface area (Å²) in [6, 6.07) is 0.540. The van der Waals surface area contributed by atoms with E-state index in [-0.39, 0.29) is 11.2 Å². The SMILES string of the molecule is CC(C)NCC1(OC(C)(C)C)CCCCCC1. The standard InChI is InChI=1S/C15H31NO/c1-13(2)16-12-15(17-14(3,4)5)10-8-6-7-9-11-15/h13,16H,6-12H2,1-5H3. The van der Waals surface area contributed by atoms with Gasteiger partial charge in [0.05, 0.1) is 11.2 Å². The maximum Gasteiger partial charge on any atom is 0.0813 e. The van der Waals surface area contributed by atoms with E-state index >= 15 is 0 Å². The van der Waals surface area contributed by atoms with Crippen molar-refractivity contribution in [1.82, 2.24) is 5.32 Å². The average molecular weight is 241 g/mol. The zero-order chi connectivity index (χ0) is 12.9. The fraction of sp³-hybridized carbons (Fsp3) is 1.00. The molecular formula is C15H31NO. The van der Waals surface area contributed by atoms with Gasteiger partial charge in [-0.3, -0.25) is 0 Å². The molecular weight excluding hydrogens is 210 g/mol. The Kier molecular flexibility index (Phi) is 5.46. The molecule has 0 bridgehead atoms. The molecule has 0 atom stereocenters. The van der Waals surface area contributed by atoms with Gasteiger partial charge >= 0.3 is 0 Å². The molecule has 2 heteroatoms. The minimum atomic E-state index is -0.0387. The van der Waals surface area contributed by atoms with Crippen molar-refractivity contribution in [2.75, 3.05) is 6.54 Å². The van der Waals surface area contributed by atoms with Crippen LogP contribution in [0.4, 0.5) is 0 Å². The van der Waals surface area contributed by atoms with Gasteiger partial charge in [-0.2, -0.15) is 0 Å². The van der Waals surface area contributed by atoms with E-state index in [9.17, 15) is 0 Å². The second kappa shape index (κ2) is 6.19. The van der Waals surface area contributed by atoms with Crippen LogP contribution in [0.2, 0.25) is 0 Å². The van der Waals surface area contributed by atoms with Crippen LogP contribution >= 0.6 is 0 Å². The van der Waals surface area contributed by atoms with Crippen LogP contribution in [-0.4, -0.2) is 23.8 Å². The molecule has 0 radical (unpaired) electrons. The lowest BCUT2D eigenvalue weighted by atomic mass is 9.92. The number of ether oxygens (including phenoxy) is 1. The van der Waals surface area contributed by atoms with Crippen LogP contribution < -0.4 is 5.32 Å². The van der Waals surface area contributed by atoms with E-state index in [2.05, 4.69) is 39.9 Å². The summed E-state index contributed by atoms with van der Waals surface area (Å²) < 4.78 is 6.43. The van der Waals surface area contributed by atoms with Gasteiger partial charge in [-0.15, -0.1) is 0 Å². The van der Waals surface area contributed by atoms with Gasteiger partial charge in [0.1, 0.15) is 0 Å². The highest BCUT2D eigenvalue weighted by Crippen LogP contribution is 2.33. The molecule has 0 aliphatic heterocycles. The quantitative estimate of drug-likeness (QED) is 0.754. The second-order valence-electron chi connectivity index (χ2n) is 6.85. The molecule has 1 fully saturated rings. The van der Waals surface area contributed by atoms with Crippen molar-refractivity contribution in [2.24, 2.45) is 0 Å². The molecule has 0 saturated heterocycles. The van der Waals surface area contributed by atoms with Gasteiger partial charge in [0.25, 0.3) is 0 Å². The van der Waals surface area contributed by atoms with Crippen LogP contribution in [0.1, 0.15) is 73.1 Å². The summed E-state index contributed by atoms with van der Waals surface area (Å²) in [4.78, 5) is 0. The Labute approximate surface area is 108 Å². The summed E-state index contributed by atoms with van der Waals surface area (Å²) in [5, 5.41) is 3.58. The molecule has 0 spiro atoms. The van der Waals surface area contributed by atoms with Crippen molar-refractivity contribution < 1.29 is 4.74 Å². The summed E-state index contributed by atoms with van der Waals surface area (Å²) >= 11 is 0. The van der Waals surface area contributed by atoms with Gasteiger partial charge in [0.15, 0.2) is 0 Å². The first kappa shape index (κ1) is 15.0. The summed E-state index contributed by atoms with van der Waals surface area (Å²) in [7, 11) is 0. The van der Waals surface area contributed by atoms with E-state index in [0.717, 1.165) is 6.54 Å². The first-order valence-corrected chi connectivity index (χ1v) is 7.27. The van der Waals surface area contributed by atoms with Crippen LogP contribution in [0.5, 0.6) is 0 Å². The lowest BCUT2D eigenvalue weighted by Gasteiger charge is -2.40. The largest absolute Gasteiger partial charge is 0.368 e. The van der Waals surface area contributed by atoms with Crippen molar-refractivity contribution in [2.45, 2.75) is 90.4 Å². The van der Waals surface area contributed by atoms with Crippen LogP contribution in [0, 0.1) is 0 Å². The van der Waals surface area contributed by atoms with Crippen LogP contribution in [0.15, 0.2) is 0 Å². The zero-order valence-electron chi connectivity index (χ0n) is 12.4. The van der Waals surface area contributed by atoms with E-state index < -0.39 is 0 Å². The molecule has 1 N–H and O–H groups in total. The topological polar surface area (TPSA) is 21.3 Å².